The van der Waals surface area contributed by atoms with Gasteiger partial charge < -0.3 is 20.7 Å². The molecular weight excluding hydrogens is 354 g/mol. The van der Waals surface area contributed by atoms with Gasteiger partial charge in [0.2, 0.25) is 5.91 Å². The number of nitrogens with one attached hydrogen (secondary N) is 1. The Morgan fingerprint density at radius 2 is 2.00 bits per heavy atom. The molecule has 3 N–H and O–H groups in total. The summed E-state index contributed by atoms with van der Waals surface area (Å²) in [4.78, 5) is 26.2. The summed E-state index contributed by atoms with van der Waals surface area (Å²) in [6.45, 7) is 5.13. The van der Waals surface area contributed by atoms with E-state index >= 15 is 0 Å². The summed E-state index contributed by atoms with van der Waals surface area (Å²) in [5.41, 5.74) is 9.13. The Kier molecular flexibility index (Phi) is 4.71. The number of fused-ring (bicyclic) bond motifs is 2. The molecule has 0 saturated carbocycles. The Labute approximate surface area is 164 Å². The predicted molar refractivity (Wildman–Crippen MR) is 106 cm³/mol. The van der Waals surface area contributed by atoms with Crippen LogP contribution in [0.4, 0.5) is 4.79 Å². The number of urea groups is 1. The first-order valence-corrected chi connectivity index (χ1v) is 9.67. The number of hydrogen-bond donors (Lipinski definition) is 2. The largest absolute Gasteiger partial charge is 0.487 e. The van der Waals surface area contributed by atoms with Crippen molar-refractivity contribution in [3.05, 3.63) is 64.7 Å². The van der Waals surface area contributed by atoms with Gasteiger partial charge in [0.25, 0.3) is 0 Å². The standard InChI is InChI=1S/C22H25N3O3/c1-13-16-7-3-4-9-19(16)28-20(13)14(2)24-22(27)25-11-10-17-15(12-25)6-5-8-18(17)21(23)26/h3-9,13-14,20H,10-12H2,1-2H3,(H2,23,26)(H,24,27). The van der Waals surface area contributed by atoms with Crippen LogP contribution in [0.25, 0.3) is 0 Å². The SMILES string of the molecule is CC(NC(=O)N1CCc2c(cccc2C(N)=O)C1)C1Oc2ccccc2C1C. The molecule has 2 heterocycles. The molecule has 3 atom stereocenters. The number of carbonyl (C=O) groups is 2. The van der Waals surface area contributed by atoms with Crippen LogP contribution in [-0.4, -0.2) is 35.5 Å². The van der Waals surface area contributed by atoms with E-state index in [0.29, 0.717) is 25.1 Å². The van der Waals surface area contributed by atoms with Gasteiger partial charge in [-0.05, 0) is 36.6 Å². The molecule has 2 aliphatic rings. The molecule has 146 valence electrons. The summed E-state index contributed by atoms with van der Waals surface area (Å²) >= 11 is 0. The van der Waals surface area contributed by atoms with Gasteiger partial charge in [-0.25, -0.2) is 4.79 Å². The van der Waals surface area contributed by atoms with Crippen molar-refractivity contribution in [3.63, 3.8) is 0 Å². The lowest BCUT2D eigenvalue weighted by atomic mass is 9.93. The van der Waals surface area contributed by atoms with E-state index in [9.17, 15) is 9.59 Å². The number of ether oxygens (including phenoxy) is 1. The van der Waals surface area contributed by atoms with Gasteiger partial charge in [-0.2, -0.15) is 0 Å². The molecule has 6 heteroatoms. The molecule has 0 radical (unpaired) electrons. The minimum Gasteiger partial charge on any atom is -0.487 e. The third-order valence-electron chi connectivity index (χ3n) is 5.83. The van der Waals surface area contributed by atoms with E-state index in [1.165, 1.54) is 5.56 Å². The summed E-state index contributed by atoms with van der Waals surface area (Å²) in [6.07, 6.45) is 0.526. The fourth-order valence-electron chi connectivity index (χ4n) is 4.31. The minimum absolute atomic E-state index is 0.0973. The first-order chi connectivity index (χ1) is 13.5. The van der Waals surface area contributed by atoms with Gasteiger partial charge in [0.05, 0.1) is 6.04 Å². The Morgan fingerprint density at radius 1 is 1.21 bits per heavy atom. The van der Waals surface area contributed by atoms with Crippen LogP contribution in [0, 0.1) is 0 Å². The number of rotatable bonds is 3. The second-order valence-corrected chi connectivity index (χ2v) is 7.63. The zero-order valence-corrected chi connectivity index (χ0v) is 16.1. The molecule has 28 heavy (non-hydrogen) atoms. The third-order valence-corrected chi connectivity index (χ3v) is 5.83. The van der Waals surface area contributed by atoms with Crippen LogP contribution in [0.3, 0.4) is 0 Å². The van der Waals surface area contributed by atoms with E-state index in [1.807, 2.05) is 37.3 Å². The second kappa shape index (κ2) is 7.19. The summed E-state index contributed by atoms with van der Waals surface area (Å²) in [5.74, 6) is 0.689. The lowest BCUT2D eigenvalue weighted by Gasteiger charge is -2.32. The summed E-state index contributed by atoms with van der Waals surface area (Å²) < 4.78 is 6.08. The van der Waals surface area contributed by atoms with E-state index in [0.717, 1.165) is 16.9 Å². The van der Waals surface area contributed by atoms with Gasteiger partial charge in [-0.3, -0.25) is 4.79 Å². The van der Waals surface area contributed by atoms with Crippen molar-refractivity contribution < 1.29 is 14.3 Å². The number of nitrogens with zero attached hydrogens (tertiary/aromatic N) is 1. The monoisotopic (exact) mass is 379 g/mol. The molecule has 0 saturated heterocycles. The van der Waals surface area contributed by atoms with Crippen molar-refractivity contribution >= 4 is 11.9 Å². The van der Waals surface area contributed by atoms with E-state index < -0.39 is 5.91 Å². The van der Waals surface area contributed by atoms with Crippen LogP contribution in [0.2, 0.25) is 0 Å². The molecule has 0 aromatic heterocycles. The topological polar surface area (TPSA) is 84.7 Å². The second-order valence-electron chi connectivity index (χ2n) is 7.63. The number of hydrogen-bond acceptors (Lipinski definition) is 3. The van der Waals surface area contributed by atoms with Gasteiger partial charge >= 0.3 is 6.03 Å². The highest BCUT2D eigenvalue weighted by Gasteiger charge is 2.36. The van der Waals surface area contributed by atoms with Crippen molar-refractivity contribution in [2.45, 2.75) is 44.9 Å². The predicted octanol–water partition coefficient (Wildman–Crippen LogP) is 2.81. The number of amides is 3. The first kappa shape index (κ1) is 18.3. The van der Waals surface area contributed by atoms with Crippen molar-refractivity contribution in [3.8, 4) is 5.75 Å². The third kappa shape index (κ3) is 3.19. The molecule has 0 fully saturated rings. The van der Waals surface area contributed by atoms with E-state index in [4.69, 9.17) is 10.5 Å². The van der Waals surface area contributed by atoms with E-state index in [-0.39, 0.29) is 24.1 Å². The average molecular weight is 379 g/mol. The van der Waals surface area contributed by atoms with Gasteiger partial charge in [0.15, 0.2) is 0 Å². The highest BCUT2D eigenvalue weighted by Crippen LogP contribution is 2.38. The molecule has 3 unspecified atom stereocenters. The van der Waals surface area contributed by atoms with E-state index in [2.05, 4.69) is 18.3 Å². The van der Waals surface area contributed by atoms with Crippen LogP contribution >= 0.6 is 0 Å². The molecule has 0 aliphatic carbocycles. The van der Waals surface area contributed by atoms with Crippen LogP contribution in [0.1, 0.15) is 46.8 Å². The maximum atomic E-state index is 12.8. The number of carbonyl (C=O) groups excluding carboxylic acids is 2. The zero-order chi connectivity index (χ0) is 19.8. The molecular formula is C22H25N3O3. The maximum Gasteiger partial charge on any atom is 0.318 e. The molecule has 2 aromatic carbocycles. The fraction of sp³-hybridized carbons (Fsp3) is 0.364. The summed E-state index contributed by atoms with van der Waals surface area (Å²) in [6, 6.07) is 13.3. The molecule has 0 bridgehead atoms. The van der Waals surface area contributed by atoms with Gasteiger partial charge in [0.1, 0.15) is 11.9 Å². The average Bonchev–Trinajstić information content (AvgIpc) is 3.04. The summed E-state index contributed by atoms with van der Waals surface area (Å²) in [7, 11) is 0. The van der Waals surface area contributed by atoms with Crippen molar-refractivity contribution in [1.82, 2.24) is 10.2 Å². The van der Waals surface area contributed by atoms with Crippen LogP contribution in [0.15, 0.2) is 42.5 Å². The Hall–Kier alpha value is -3.02. The minimum atomic E-state index is -0.421. The Bertz CT molecular complexity index is 927. The maximum absolute atomic E-state index is 12.8. The molecule has 3 amide bonds. The normalized spacial score (nSPS) is 21.3. The Morgan fingerprint density at radius 3 is 2.75 bits per heavy atom. The van der Waals surface area contributed by atoms with Crippen molar-refractivity contribution in [2.24, 2.45) is 5.73 Å². The number of benzene rings is 2. The molecule has 4 rings (SSSR count). The lowest BCUT2D eigenvalue weighted by molar-refractivity contribution is 0.0998. The number of para-hydroxylation sites is 1. The van der Waals surface area contributed by atoms with Gasteiger partial charge in [-0.15, -0.1) is 0 Å². The smallest absolute Gasteiger partial charge is 0.318 e. The Balaban J connectivity index is 1.42. The highest BCUT2D eigenvalue weighted by molar-refractivity contribution is 5.94. The van der Waals surface area contributed by atoms with Crippen LogP contribution in [0.5, 0.6) is 5.75 Å². The number of primary amides is 1. The van der Waals surface area contributed by atoms with Crippen molar-refractivity contribution in [1.29, 1.82) is 0 Å². The number of nitrogens with two attached hydrogens (primary N) is 1. The summed E-state index contributed by atoms with van der Waals surface area (Å²) in [5, 5.41) is 3.10. The van der Waals surface area contributed by atoms with Crippen LogP contribution < -0.4 is 15.8 Å². The van der Waals surface area contributed by atoms with Crippen LogP contribution in [-0.2, 0) is 13.0 Å². The zero-order valence-electron chi connectivity index (χ0n) is 16.1. The fourth-order valence-corrected chi connectivity index (χ4v) is 4.31. The quantitative estimate of drug-likeness (QED) is 0.860. The molecule has 0 spiro atoms. The van der Waals surface area contributed by atoms with E-state index in [1.54, 1.807) is 11.0 Å². The van der Waals surface area contributed by atoms with Gasteiger partial charge in [0, 0.05) is 30.1 Å². The highest BCUT2D eigenvalue weighted by atomic mass is 16.5. The molecule has 6 nitrogen and oxygen atoms in total. The van der Waals surface area contributed by atoms with Crippen molar-refractivity contribution in [2.75, 3.05) is 6.54 Å². The molecule has 2 aromatic rings. The first-order valence-electron chi connectivity index (χ1n) is 9.67. The molecule has 2 aliphatic heterocycles. The van der Waals surface area contributed by atoms with Gasteiger partial charge in [-0.1, -0.05) is 37.3 Å². The lowest BCUT2D eigenvalue weighted by Crippen LogP contribution is -2.50.